The molecular weight excluding hydrogens is 370 g/mol. The highest BCUT2D eigenvalue weighted by atomic mass is 32.1. The van der Waals surface area contributed by atoms with Crippen LogP contribution in [0, 0.1) is 11.3 Å². The van der Waals surface area contributed by atoms with E-state index in [-0.39, 0.29) is 6.42 Å². The monoisotopic (exact) mass is 383 g/mol. The number of nitrogens with one attached hydrogen (secondary N) is 1. The van der Waals surface area contributed by atoms with Crippen LogP contribution in [0.15, 0.2) is 47.2 Å². The topological polar surface area (TPSA) is 92.1 Å². The lowest BCUT2D eigenvalue weighted by molar-refractivity contribution is -0.146. The Morgan fingerprint density at radius 1 is 1.23 bits per heavy atom. The van der Waals surface area contributed by atoms with E-state index in [1.807, 2.05) is 29.0 Å². The summed E-state index contributed by atoms with van der Waals surface area (Å²) in [6, 6.07) is 12.4. The Hall–Kier alpha value is -3.02. The zero-order valence-corrected chi connectivity index (χ0v) is 15.1. The van der Waals surface area contributed by atoms with E-state index in [2.05, 4.69) is 10.3 Å². The SMILES string of the molecule is N#Cc1cccc(NC(=O)COC(=O)Cc2csc(-c3cccs3)n2)c1. The zero-order valence-electron chi connectivity index (χ0n) is 13.5. The van der Waals surface area contributed by atoms with Crippen molar-refractivity contribution < 1.29 is 14.3 Å². The van der Waals surface area contributed by atoms with Gasteiger partial charge in [0.25, 0.3) is 5.91 Å². The summed E-state index contributed by atoms with van der Waals surface area (Å²) in [5.41, 5.74) is 1.53. The van der Waals surface area contributed by atoms with Crippen molar-refractivity contribution in [1.82, 2.24) is 4.98 Å². The summed E-state index contributed by atoms with van der Waals surface area (Å²) >= 11 is 3.05. The molecule has 130 valence electrons. The molecule has 0 radical (unpaired) electrons. The van der Waals surface area contributed by atoms with Crippen LogP contribution in [0.5, 0.6) is 0 Å². The first-order chi connectivity index (χ1) is 12.6. The molecule has 0 unspecified atom stereocenters. The van der Waals surface area contributed by atoms with E-state index in [0.29, 0.717) is 16.9 Å². The van der Waals surface area contributed by atoms with Crippen molar-refractivity contribution in [3.8, 4) is 16.0 Å². The highest BCUT2D eigenvalue weighted by Crippen LogP contribution is 2.27. The van der Waals surface area contributed by atoms with Crippen LogP contribution < -0.4 is 5.32 Å². The van der Waals surface area contributed by atoms with E-state index >= 15 is 0 Å². The van der Waals surface area contributed by atoms with Gasteiger partial charge in [-0.2, -0.15) is 5.26 Å². The average molecular weight is 383 g/mol. The van der Waals surface area contributed by atoms with E-state index in [1.165, 1.54) is 11.3 Å². The van der Waals surface area contributed by atoms with Crippen molar-refractivity contribution in [1.29, 1.82) is 5.26 Å². The largest absolute Gasteiger partial charge is 0.455 e. The van der Waals surface area contributed by atoms with Crippen LogP contribution in [0.1, 0.15) is 11.3 Å². The molecule has 0 spiro atoms. The predicted molar refractivity (Wildman–Crippen MR) is 99.9 cm³/mol. The van der Waals surface area contributed by atoms with Gasteiger partial charge in [0.15, 0.2) is 6.61 Å². The van der Waals surface area contributed by atoms with E-state index in [1.54, 1.807) is 35.6 Å². The van der Waals surface area contributed by atoms with E-state index in [0.717, 1.165) is 9.88 Å². The molecule has 3 rings (SSSR count). The molecular formula is C18H13N3O3S2. The van der Waals surface area contributed by atoms with Crippen LogP contribution in [0.3, 0.4) is 0 Å². The second kappa shape index (κ2) is 8.38. The van der Waals surface area contributed by atoms with Crippen molar-refractivity contribution in [2.24, 2.45) is 0 Å². The maximum absolute atomic E-state index is 11.9. The van der Waals surface area contributed by atoms with Gasteiger partial charge < -0.3 is 10.1 Å². The van der Waals surface area contributed by atoms with Crippen LogP contribution >= 0.6 is 22.7 Å². The molecule has 3 aromatic rings. The van der Waals surface area contributed by atoms with Gasteiger partial charge in [-0.15, -0.1) is 22.7 Å². The first-order valence-corrected chi connectivity index (χ1v) is 9.34. The molecule has 1 amide bonds. The number of anilines is 1. The number of carbonyl (C=O) groups is 2. The number of ether oxygens (including phenoxy) is 1. The van der Waals surface area contributed by atoms with Crippen LogP contribution in [0.4, 0.5) is 5.69 Å². The Balaban J connectivity index is 1.48. The Labute approximate surface area is 157 Å². The number of hydrogen-bond donors (Lipinski definition) is 1. The normalized spacial score (nSPS) is 10.1. The summed E-state index contributed by atoms with van der Waals surface area (Å²) in [6.07, 6.45) is 0.0130. The summed E-state index contributed by atoms with van der Waals surface area (Å²) in [4.78, 5) is 29.2. The molecule has 6 nitrogen and oxygen atoms in total. The summed E-state index contributed by atoms with van der Waals surface area (Å²) in [7, 11) is 0. The molecule has 0 atom stereocenters. The quantitative estimate of drug-likeness (QED) is 0.658. The third kappa shape index (κ3) is 4.75. The van der Waals surface area contributed by atoms with E-state index in [9.17, 15) is 9.59 Å². The molecule has 0 aliphatic heterocycles. The van der Waals surface area contributed by atoms with Gasteiger partial charge in [-0.3, -0.25) is 9.59 Å². The van der Waals surface area contributed by atoms with E-state index in [4.69, 9.17) is 10.00 Å². The van der Waals surface area contributed by atoms with Crippen LogP contribution in [0.2, 0.25) is 0 Å². The molecule has 2 aromatic heterocycles. The van der Waals surface area contributed by atoms with Crippen molar-refractivity contribution in [2.75, 3.05) is 11.9 Å². The smallest absolute Gasteiger partial charge is 0.312 e. The van der Waals surface area contributed by atoms with Crippen molar-refractivity contribution in [2.45, 2.75) is 6.42 Å². The van der Waals surface area contributed by atoms with Gasteiger partial charge in [0.2, 0.25) is 0 Å². The lowest BCUT2D eigenvalue weighted by Gasteiger charge is -2.06. The van der Waals surface area contributed by atoms with Gasteiger partial charge in [-0.1, -0.05) is 12.1 Å². The zero-order chi connectivity index (χ0) is 18.4. The third-order valence-corrected chi connectivity index (χ3v) is 5.18. The first kappa shape index (κ1) is 17.8. The molecule has 2 heterocycles. The van der Waals surface area contributed by atoms with Gasteiger partial charge in [-0.05, 0) is 29.6 Å². The Morgan fingerprint density at radius 3 is 2.88 bits per heavy atom. The second-order valence-corrected chi connectivity index (χ2v) is 7.01. The fraction of sp³-hybridized carbons (Fsp3) is 0.111. The average Bonchev–Trinajstić information content (AvgIpc) is 3.31. The second-order valence-electron chi connectivity index (χ2n) is 5.20. The highest BCUT2D eigenvalue weighted by molar-refractivity contribution is 7.20. The number of hydrogen-bond acceptors (Lipinski definition) is 7. The molecule has 1 aromatic carbocycles. The minimum absolute atomic E-state index is 0.0130. The van der Waals surface area contributed by atoms with Gasteiger partial charge in [-0.25, -0.2) is 4.98 Å². The number of benzene rings is 1. The highest BCUT2D eigenvalue weighted by Gasteiger charge is 2.12. The molecule has 0 saturated carbocycles. The van der Waals surface area contributed by atoms with Crippen LogP contribution in [-0.2, 0) is 20.7 Å². The predicted octanol–water partition coefficient (Wildman–Crippen LogP) is 3.47. The summed E-state index contributed by atoms with van der Waals surface area (Å²) < 4.78 is 4.99. The molecule has 26 heavy (non-hydrogen) atoms. The Kier molecular flexibility index (Phi) is 5.73. The maximum Gasteiger partial charge on any atom is 0.312 e. The Bertz CT molecular complexity index is 958. The van der Waals surface area contributed by atoms with Crippen molar-refractivity contribution in [3.05, 3.63) is 58.4 Å². The number of rotatable bonds is 6. The molecule has 0 aliphatic rings. The first-order valence-electron chi connectivity index (χ1n) is 7.58. The number of nitriles is 1. The van der Waals surface area contributed by atoms with Crippen molar-refractivity contribution >= 4 is 40.2 Å². The number of aromatic nitrogens is 1. The number of amides is 1. The number of carbonyl (C=O) groups excluding carboxylic acids is 2. The Morgan fingerprint density at radius 2 is 2.12 bits per heavy atom. The molecule has 0 fully saturated rings. The van der Waals surface area contributed by atoms with Crippen molar-refractivity contribution in [3.63, 3.8) is 0 Å². The van der Waals surface area contributed by atoms with Crippen LogP contribution in [-0.4, -0.2) is 23.5 Å². The minimum Gasteiger partial charge on any atom is -0.455 e. The molecule has 1 N–H and O–H groups in total. The molecule has 0 aliphatic carbocycles. The van der Waals surface area contributed by atoms with Gasteiger partial charge in [0, 0.05) is 11.1 Å². The molecule has 8 heteroatoms. The van der Waals surface area contributed by atoms with Gasteiger partial charge in [0.1, 0.15) is 5.01 Å². The fourth-order valence-electron chi connectivity index (χ4n) is 2.11. The number of esters is 1. The fourth-order valence-corrected chi connectivity index (χ4v) is 3.74. The number of thiazole rings is 1. The summed E-state index contributed by atoms with van der Waals surface area (Å²) in [5, 5.41) is 16.1. The van der Waals surface area contributed by atoms with Gasteiger partial charge >= 0.3 is 5.97 Å². The van der Waals surface area contributed by atoms with E-state index < -0.39 is 18.5 Å². The maximum atomic E-state index is 11.9. The number of thiophene rings is 1. The van der Waals surface area contributed by atoms with Gasteiger partial charge in [0.05, 0.1) is 28.6 Å². The summed E-state index contributed by atoms with van der Waals surface area (Å²) in [5.74, 6) is -0.986. The standard InChI is InChI=1S/C18H13N3O3S2/c19-9-12-3-1-4-13(7-12)20-16(22)10-24-17(23)8-14-11-26-18(21-14)15-5-2-6-25-15/h1-7,11H,8,10H2,(H,20,22). The molecule has 0 bridgehead atoms. The lowest BCUT2D eigenvalue weighted by Crippen LogP contribution is -2.21. The third-order valence-electron chi connectivity index (χ3n) is 3.25. The summed E-state index contributed by atoms with van der Waals surface area (Å²) in [6.45, 7) is -0.391. The van der Waals surface area contributed by atoms with Crippen LogP contribution in [0.25, 0.3) is 9.88 Å². The minimum atomic E-state index is -0.519. The number of nitrogens with zero attached hydrogens (tertiary/aromatic N) is 2. The molecule has 0 saturated heterocycles. The lowest BCUT2D eigenvalue weighted by atomic mass is 10.2.